The first-order valence-electron chi connectivity index (χ1n) is 8.70. The van der Waals surface area contributed by atoms with Crippen molar-refractivity contribution in [3.05, 3.63) is 48.5 Å². The van der Waals surface area contributed by atoms with Crippen LogP contribution < -0.4 is 14.4 Å². The van der Waals surface area contributed by atoms with Crippen LogP contribution in [0.2, 0.25) is 0 Å². The van der Waals surface area contributed by atoms with Crippen LogP contribution in [0.4, 0.5) is 5.69 Å². The quantitative estimate of drug-likeness (QED) is 0.532. The van der Waals surface area contributed by atoms with Gasteiger partial charge in [0.25, 0.3) is 5.22 Å². The molecule has 0 N–H and O–H groups in total. The maximum Gasteiger partial charge on any atom is 0.277 e. The molecule has 146 valence electrons. The molecule has 8 heteroatoms. The smallest absolute Gasteiger partial charge is 0.277 e. The maximum absolute atomic E-state index is 12.6. The minimum Gasteiger partial charge on any atom is -0.493 e. The van der Waals surface area contributed by atoms with Crippen molar-refractivity contribution in [1.29, 1.82) is 0 Å². The number of carbonyl (C=O) groups excluding carboxylic acids is 1. The van der Waals surface area contributed by atoms with Crippen molar-refractivity contribution in [2.45, 2.75) is 12.1 Å². The number of para-hydroxylation sites is 1. The lowest BCUT2D eigenvalue weighted by Crippen LogP contribution is -2.32. The third kappa shape index (κ3) is 4.45. The van der Waals surface area contributed by atoms with Gasteiger partial charge in [0.05, 0.1) is 20.0 Å². The summed E-state index contributed by atoms with van der Waals surface area (Å²) in [5, 5.41) is 8.42. The van der Waals surface area contributed by atoms with E-state index in [0.717, 1.165) is 5.69 Å². The van der Waals surface area contributed by atoms with E-state index in [4.69, 9.17) is 13.9 Å². The zero-order valence-corrected chi connectivity index (χ0v) is 16.7. The average Bonchev–Trinajstić information content (AvgIpc) is 3.22. The molecule has 0 saturated carbocycles. The molecule has 3 rings (SSSR count). The van der Waals surface area contributed by atoms with E-state index in [1.54, 1.807) is 31.3 Å². The molecule has 1 aromatic heterocycles. The molecule has 1 amide bonds. The predicted molar refractivity (Wildman–Crippen MR) is 108 cm³/mol. The summed E-state index contributed by atoms with van der Waals surface area (Å²) < 4.78 is 16.2. The average molecular weight is 399 g/mol. The molecule has 0 bridgehead atoms. The van der Waals surface area contributed by atoms with Crippen molar-refractivity contribution in [1.82, 2.24) is 10.2 Å². The lowest BCUT2D eigenvalue weighted by molar-refractivity contribution is -0.116. The SMILES string of the molecule is CCN(C(=O)CSc1nnc(-c2ccc(OC)c(OC)c2)o1)c1ccccc1. The van der Waals surface area contributed by atoms with Gasteiger partial charge in [-0.25, -0.2) is 0 Å². The number of anilines is 1. The fraction of sp³-hybridized carbons (Fsp3) is 0.250. The Labute approximate surface area is 167 Å². The topological polar surface area (TPSA) is 77.7 Å². The van der Waals surface area contributed by atoms with Crippen LogP contribution in [0.1, 0.15) is 6.92 Å². The number of rotatable bonds is 8. The highest BCUT2D eigenvalue weighted by Crippen LogP contribution is 2.32. The second-order valence-corrected chi connectivity index (χ2v) is 6.63. The summed E-state index contributed by atoms with van der Waals surface area (Å²) in [6.07, 6.45) is 0. The number of hydrogen-bond donors (Lipinski definition) is 0. The van der Waals surface area contributed by atoms with E-state index in [1.807, 2.05) is 43.3 Å². The van der Waals surface area contributed by atoms with Crippen molar-refractivity contribution in [2.24, 2.45) is 0 Å². The number of thioether (sulfide) groups is 1. The Bertz CT molecular complexity index is 930. The van der Waals surface area contributed by atoms with Crippen LogP contribution in [0, 0.1) is 0 Å². The van der Waals surface area contributed by atoms with Crippen LogP contribution in [0.25, 0.3) is 11.5 Å². The number of ether oxygens (including phenoxy) is 2. The van der Waals surface area contributed by atoms with E-state index >= 15 is 0 Å². The first-order chi connectivity index (χ1) is 13.7. The highest BCUT2D eigenvalue weighted by atomic mass is 32.2. The molecule has 2 aromatic carbocycles. The van der Waals surface area contributed by atoms with Gasteiger partial charge in [-0.05, 0) is 37.3 Å². The van der Waals surface area contributed by atoms with Crippen LogP contribution in [0.3, 0.4) is 0 Å². The fourth-order valence-electron chi connectivity index (χ4n) is 2.67. The lowest BCUT2D eigenvalue weighted by Gasteiger charge is -2.20. The molecular weight excluding hydrogens is 378 g/mol. The van der Waals surface area contributed by atoms with E-state index in [9.17, 15) is 4.79 Å². The van der Waals surface area contributed by atoms with Crippen LogP contribution in [-0.2, 0) is 4.79 Å². The third-order valence-electron chi connectivity index (χ3n) is 4.04. The Hall–Kier alpha value is -3.00. The first kappa shape index (κ1) is 19.8. The van der Waals surface area contributed by atoms with Crippen molar-refractivity contribution in [3.8, 4) is 23.0 Å². The molecule has 0 aliphatic carbocycles. The Balaban J connectivity index is 1.67. The van der Waals surface area contributed by atoms with Crippen molar-refractivity contribution < 1.29 is 18.7 Å². The molecule has 3 aromatic rings. The Morgan fingerprint density at radius 3 is 2.50 bits per heavy atom. The zero-order valence-electron chi connectivity index (χ0n) is 15.9. The third-order valence-corrected chi connectivity index (χ3v) is 4.84. The van der Waals surface area contributed by atoms with Gasteiger partial charge in [0.15, 0.2) is 11.5 Å². The first-order valence-corrected chi connectivity index (χ1v) is 9.69. The molecule has 0 atom stereocenters. The zero-order chi connectivity index (χ0) is 19.9. The number of hydrogen-bond acceptors (Lipinski definition) is 7. The second kappa shape index (κ2) is 9.27. The highest BCUT2D eigenvalue weighted by Gasteiger charge is 2.17. The fourth-order valence-corrected chi connectivity index (χ4v) is 3.31. The summed E-state index contributed by atoms with van der Waals surface area (Å²) in [7, 11) is 3.14. The summed E-state index contributed by atoms with van der Waals surface area (Å²) in [6, 6.07) is 14.9. The Morgan fingerprint density at radius 1 is 1.07 bits per heavy atom. The van der Waals surface area contributed by atoms with Gasteiger partial charge in [0, 0.05) is 17.8 Å². The van der Waals surface area contributed by atoms with Gasteiger partial charge in [-0.3, -0.25) is 4.79 Å². The summed E-state index contributed by atoms with van der Waals surface area (Å²) in [4.78, 5) is 14.3. The molecule has 0 radical (unpaired) electrons. The molecular formula is C20H21N3O4S. The largest absolute Gasteiger partial charge is 0.493 e. The van der Waals surface area contributed by atoms with E-state index < -0.39 is 0 Å². The van der Waals surface area contributed by atoms with E-state index in [-0.39, 0.29) is 11.7 Å². The highest BCUT2D eigenvalue weighted by molar-refractivity contribution is 7.99. The standard InChI is InChI=1S/C20H21N3O4S/c1-4-23(15-8-6-5-7-9-15)18(24)13-28-20-22-21-19(27-20)14-10-11-16(25-2)17(12-14)26-3/h5-12H,4,13H2,1-3H3. The Kier molecular flexibility index (Phi) is 6.54. The number of nitrogens with zero attached hydrogens (tertiary/aromatic N) is 3. The van der Waals surface area contributed by atoms with Gasteiger partial charge >= 0.3 is 0 Å². The second-order valence-electron chi connectivity index (χ2n) is 5.71. The monoisotopic (exact) mass is 399 g/mol. The molecule has 0 saturated heterocycles. The van der Waals surface area contributed by atoms with Crippen LogP contribution in [0.15, 0.2) is 58.2 Å². The maximum atomic E-state index is 12.6. The minimum absolute atomic E-state index is 0.0235. The number of aromatic nitrogens is 2. The summed E-state index contributed by atoms with van der Waals surface area (Å²) >= 11 is 1.21. The normalized spacial score (nSPS) is 10.5. The van der Waals surface area contributed by atoms with Gasteiger partial charge in [0.1, 0.15) is 0 Å². The number of amides is 1. The van der Waals surface area contributed by atoms with Crippen molar-refractivity contribution in [3.63, 3.8) is 0 Å². The minimum atomic E-state index is -0.0235. The Morgan fingerprint density at radius 2 is 1.82 bits per heavy atom. The summed E-state index contributed by atoms with van der Waals surface area (Å²) in [5.41, 5.74) is 1.58. The molecule has 0 fully saturated rings. The van der Waals surface area contributed by atoms with Gasteiger partial charge in [-0.1, -0.05) is 30.0 Å². The molecule has 0 spiro atoms. The number of carbonyl (C=O) groups is 1. The lowest BCUT2D eigenvalue weighted by atomic mass is 10.2. The number of methoxy groups -OCH3 is 2. The molecule has 0 unspecified atom stereocenters. The van der Waals surface area contributed by atoms with E-state index in [1.165, 1.54) is 11.8 Å². The molecule has 0 aliphatic rings. The summed E-state index contributed by atoms with van der Waals surface area (Å²) in [6.45, 7) is 2.53. The summed E-state index contributed by atoms with van der Waals surface area (Å²) in [5.74, 6) is 1.72. The van der Waals surface area contributed by atoms with Gasteiger partial charge in [-0.15, -0.1) is 10.2 Å². The molecule has 0 aliphatic heterocycles. The van der Waals surface area contributed by atoms with Gasteiger partial charge in [0.2, 0.25) is 11.8 Å². The molecule has 28 heavy (non-hydrogen) atoms. The number of benzene rings is 2. The van der Waals surface area contributed by atoms with Crippen LogP contribution in [0.5, 0.6) is 11.5 Å². The molecule has 1 heterocycles. The van der Waals surface area contributed by atoms with Crippen molar-refractivity contribution in [2.75, 3.05) is 31.4 Å². The molecule has 7 nitrogen and oxygen atoms in total. The van der Waals surface area contributed by atoms with E-state index in [2.05, 4.69) is 10.2 Å². The van der Waals surface area contributed by atoms with Crippen LogP contribution in [-0.4, -0.2) is 42.6 Å². The van der Waals surface area contributed by atoms with Gasteiger partial charge in [-0.2, -0.15) is 0 Å². The van der Waals surface area contributed by atoms with Gasteiger partial charge < -0.3 is 18.8 Å². The predicted octanol–water partition coefficient (Wildman–Crippen LogP) is 3.90. The van der Waals surface area contributed by atoms with Crippen molar-refractivity contribution >= 4 is 23.4 Å². The van der Waals surface area contributed by atoms with E-state index in [0.29, 0.717) is 34.7 Å². The van der Waals surface area contributed by atoms with Crippen LogP contribution >= 0.6 is 11.8 Å².